The van der Waals surface area contributed by atoms with Crippen LogP contribution in [0.1, 0.15) is 27.6 Å². The van der Waals surface area contributed by atoms with Crippen molar-refractivity contribution in [1.29, 1.82) is 5.26 Å². The topological polar surface area (TPSA) is 462 Å². The van der Waals surface area contributed by atoms with Gasteiger partial charge < -0.3 is 41.0 Å². The summed E-state index contributed by atoms with van der Waals surface area (Å²) in [6.07, 6.45) is 14.9. The van der Waals surface area contributed by atoms with E-state index >= 15 is 0 Å². The third-order valence-electron chi connectivity index (χ3n) is 7.04. The first-order valence-electron chi connectivity index (χ1n) is 16.8. The average Bonchev–Trinajstić information content (AvgIpc) is 4.10. The van der Waals surface area contributed by atoms with Crippen LogP contribution < -0.4 is 58.1 Å². The van der Waals surface area contributed by atoms with Gasteiger partial charge in [-0.05, 0) is 35.3 Å². The summed E-state index contributed by atoms with van der Waals surface area (Å²) in [6, 6.07) is 13.2. The van der Waals surface area contributed by atoms with Gasteiger partial charge in [-0.15, -0.1) is 30.7 Å². The average molecular weight is 981 g/mol. The number of hydrogen-bond donors (Lipinski definition) is 7. The van der Waals surface area contributed by atoms with Crippen molar-refractivity contribution < 1.29 is 110 Å². The maximum absolute atomic E-state index is 12.6. The van der Waals surface area contributed by atoms with Crippen molar-refractivity contribution in [2.24, 2.45) is 5.10 Å². The number of hydrazone groups is 1. The van der Waals surface area contributed by atoms with Gasteiger partial charge in [-0.2, -0.15) is 26.6 Å². The van der Waals surface area contributed by atoms with E-state index in [-0.39, 0.29) is 28.7 Å². The van der Waals surface area contributed by atoms with E-state index in [1.54, 1.807) is 92.1 Å². The van der Waals surface area contributed by atoms with Crippen molar-refractivity contribution in [3.8, 4) is 23.5 Å². The smallest absolute Gasteiger partial charge is 0.549 e. The molecule has 5 aromatic rings. The van der Waals surface area contributed by atoms with Crippen molar-refractivity contribution >= 4 is 18.0 Å². The van der Waals surface area contributed by atoms with Gasteiger partial charge in [0.25, 0.3) is 11.4 Å². The largest absolute Gasteiger partial charge is 3.00 e. The predicted octanol–water partition coefficient (Wildman–Crippen LogP) is -11.6. The minimum Gasteiger partial charge on any atom is -0.549 e. The van der Waals surface area contributed by atoms with E-state index in [1.807, 2.05) is 0 Å². The summed E-state index contributed by atoms with van der Waals surface area (Å²) < 4.78 is 74.0. The summed E-state index contributed by atoms with van der Waals surface area (Å²) >= 11 is 0. The van der Waals surface area contributed by atoms with Crippen LogP contribution in [0.2, 0.25) is 0 Å². The van der Waals surface area contributed by atoms with Gasteiger partial charge in [0.1, 0.15) is 17.6 Å². The minimum absolute atomic E-state index is 0. The van der Waals surface area contributed by atoms with Crippen molar-refractivity contribution in [2.45, 2.75) is 12.5 Å². The fraction of sp³-hybridized carbons (Fsp3) is 0.212. The summed E-state index contributed by atoms with van der Waals surface area (Å²) in [5.41, 5.74) is -0.596. The number of carbonyl (C=O) groups is 2. The van der Waals surface area contributed by atoms with Gasteiger partial charge in [-0.1, -0.05) is 30.4 Å². The molecular weight excluding hydrogens is 945 g/mol. The molecule has 7 N–H and O–H groups in total. The molecule has 0 aliphatic carbocycles. The Morgan fingerprint density at radius 3 is 1.62 bits per heavy atom. The molecule has 5 aromatic heterocycles. The number of halogens is 2. The Balaban J connectivity index is 0.000000498. The number of hydrogen-bond acceptors (Lipinski definition) is 22. The number of carbonyl (C=O) groups excluding carboxylic acids is 2. The number of nitrogens with zero attached hydrogens (tertiary/aromatic N) is 11. The fourth-order valence-corrected chi connectivity index (χ4v) is 4.30. The van der Waals surface area contributed by atoms with Crippen molar-refractivity contribution in [1.82, 2.24) is 54.6 Å². The Hall–Kier alpha value is -5.85. The summed E-state index contributed by atoms with van der Waals surface area (Å²) in [5, 5.41) is 75.1. The van der Waals surface area contributed by atoms with E-state index in [0.29, 0.717) is 28.5 Å². The zero-order chi connectivity index (χ0) is 47.2. The normalized spacial score (nSPS) is 12.4. The predicted molar refractivity (Wildman–Crippen MR) is 186 cm³/mol. The summed E-state index contributed by atoms with van der Waals surface area (Å²) in [7, 11) is -9.89. The first-order chi connectivity index (χ1) is 29.7. The fourth-order valence-electron chi connectivity index (χ4n) is 4.30. The van der Waals surface area contributed by atoms with Crippen LogP contribution in [0.5, 0.6) is 0 Å². The van der Waals surface area contributed by atoms with Gasteiger partial charge in [0, 0.05) is 55.7 Å². The van der Waals surface area contributed by atoms with Gasteiger partial charge >= 0.3 is 17.1 Å². The molecule has 28 nitrogen and oxygen atoms in total. The standard InChI is InChI=1S/C16H18N6O4.C15H15N6O3.C2H3N.2ClHO4.Fe/c23-9-16(10-24,11-25)20-15(26)12-7-13(21-5-1-3-17-21)19-14(8-12)22-6-2-4-18-22;22-9-12(10-23)18-15(24)11-7-13(20-5-1-3-16-20)19-14(8-11)21-6-2-4-17-21;1-2-3;2*2-1(3,4)5;/h1-8,23-25H,9-11H2,(H,20,26);1-8,22-23H,9-10H2,(H,18,24);1H3;2*(H,2,3,4,5);/q;-1;;;;+3/p-2. The van der Waals surface area contributed by atoms with Gasteiger partial charge in [-0.3, -0.25) is 4.79 Å². The van der Waals surface area contributed by atoms with Crippen molar-refractivity contribution in [3.05, 3.63) is 115 Å². The van der Waals surface area contributed by atoms with E-state index in [2.05, 4.69) is 41.0 Å². The van der Waals surface area contributed by atoms with Crippen LogP contribution in [-0.4, -0.2) is 121 Å². The number of aromatic nitrogens is 8. The van der Waals surface area contributed by atoms with E-state index in [9.17, 15) is 24.9 Å². The number of pyridine rings is 2. The van der Waals surface area contributed by atoms with Gasteiger partial charge in [0.15, 0.2) is 11.6 Å². The summed E-state index contributed by atoms with van der Waals surface area (Å²) in [5.74, 6) is 0.142. The van der Waals surface area contributed by atoms with Crippen molar-refractivity contribution in [3.63, 3.8) is 0 Å². The van der Waals surface area contributed by atoms with Crippen LogP contribution in [0, 0.1) is 37.9 Å². The molecule has 345 valence electrons. The SMILES string of the molecule is CC#N.O=C(NC(CO)(CO)CO)c1cc(-n2cccn2)nc(-n2cccn2)c1.O=C(N[C-](CO)CO)c1c/c(=[N+]2\C=CC=N2)nc(-n2cccn2)[cH-]1.[Fe+3].[O-][Cl+3]([O-])([O-])[O-].[O-][Cl+3]([O-])([O-])[O-]. The quantitative estimate of drug-likeness (QED) is 0.0347. The molecule has 0 fully saturated rings. The molecule has 31 heteroatoms. The summed E-state index contributed by atoms with van der Waals surface area (Å²) in [6.45, 7) is -1.30. The van der Waals surface area contributed by atoms with Gasteiger partial charge in [-0.25, -0.2) is 56.3 Å². The molecular formula is C33H36Cl2FeN13O15. The number of aliphatic hydroxyl groups excluding tert-OH is 5. The molecule has 6 rings (SSSR count). The van der Waals surface area contributed by atoms with Gasteiger partial charge in [0.2, 0.25) is 5.82 Å². The number of allylic oxidation sites excluding steroid dienone is 1. The second-order valence-corrected chi connectivity index (χ2v) is 13.0. The van der Waals surface area contributed by atoms with Gasteiger partial charge in [0.05, 0.1) is 32.1 Å². The number of nitrogens with one attached hydrogen (secondary N) is 2. The number of aliphatic hydroxyl groups is 5. The van der Waals surface area contributed by atoms with Crippen LogP contribution in [0.3, 0.4) is 0 Å². The van der Waals surface area contributed by atoms with E-state index in [0.717, 1.165) is 0 Å². The molecule has 0 saturated carbocycles. The van der Waals surface area contributed by atoms with Crippen molar-refractivity contribution in [2.75, 3.05) is 33.0 Å². The Labute approximate surface area is 375 Å². The molecule has 6 heterocycles. The molecule has 1 aliphatic heterocycles. The minimum atomic E-state index is -4.94. The maximum atomic E-state index is 12.6. The molecule has 0 bridgehead atoms. The molecule has 1 radical (unpaired) electrons. The second kappa shape index (κ2) is 27.4. The Kier molecular flexibility index (Phi) is 24.0. The third kappa shape index (κ3) is 20.1. The number of amides is 2. The van der Waals surface area contributed by atoms with E-state index in [1.165, 1.54) is 37.8 Å². The Bertz CT molecular complexity index is 2220. The zero-order valence-corrected chi connectivity index (χ0v) is 35.2. The molecule has 0 unspecified atom stereocenters. The number of nitriles is 1. The molecule has 0 aromatic carbocycles. The first kappa shape index (κ1) is 56.2. The molecule has 2 amide bonds. The monoisotopic (exact) mass is 980 g/mol. The molecule has 0 spiro atoms. The second-order valence-electron chi connectivity index (χ2n) is 11.5. The van der Waals surface area contributed by atoms with Crippen LogP contribution in [-0.2, 0) is 17.1 Å². The molecule has 1 aliphatic rings. The van der Waals surface area contributed by atoms with Crippen LogP contribution in [0.4, 0.5) is 0 Å². The zero-order valence-electron chi connectivity index (χ0n) is 32.6. The van der Waals surface area contributed by atoms with Crippen LogP contribution in [0.25, 0.3) is 17.5 Å². The van der Waals surface area contributed by atoms with E-state index < -0.39 is 70.9 Å². The first-order valence-corrected chi connectivity index (χ1v) is 19.3. The van der Waals surface area contributed by atoms with Crippen LogP contribution in [0.15, 0.2) is 97.0 Å². The molecule has 0 atom stereocenters. The molecule has 0 saturated heterocycles. The summed E-state index contributed by atoms with van der Waals surface area (Å²) in [4.78, 5) is 33.9. The maximum Gasteiger partial charge on any atom is 3.00 e. The van der Waals surface area contributed by atoms with Crippen LogP contribution >= 0.6 is 0 Å². The van der Waals surface area contributed by atoms with E-state index in [4.69, 9.17) is 52.7 Å². The Morgan fingerprint density at radius 2 is 1.25 bits per heavy atom. The number of rotatable bonds is 12. The molecule has 64 heavy (non-hydrogen) atoms. The third-order valence-corrected chi connectivity index (χ3v) is 7.04. The Morgan fingerprint density at radius 1 is 0.797 bits per heavy atom.